The minimum Gasteiger partial charge on any atom is -0.359 e. The quantitative estimate of drug-likeness (QED) is 0.810. The van der Waals surface area contributed by atoms with Crippen molar-refractivity contribution in [3.05, 3.63) is 24.2 Å². The lowest BCUT2D eigenvalue weighted by Gasteiger charge is -2.21. The summed E-state index contributed by atoms with van der Waals surface area (Å²) in [5.41, 5.74) is 0.912. The van der Waals surface area contributed by atoms with Gasteiger partial charge in [0.2, 0.25) is 0 Å². The van der Waals surface area contributed by atoms with Crippen molar-refractivity contribution in [1.29, 1.82) is 0 Å². The van der Waals surface area contributed by atoms with Crippen molar-refractivity contribution in [2.45, 2.75) is 40.0 Å². The predicted octanol–water partition coefficient (Wildman–Crippen LogP) is 3.74. The largest absolute Gasteiger partial charge is 0.359 e. The lowest BCUT2D eigenvalue weighted by atomic mass is 10.1. The molecule has 2 aromatic rings. The molecule has 0 aliphatic heterocycles. The molecule has 0 saturated carbocycles. The van der Waals surface area contributed by atoms with Crippen molar-refractivity contribution in [2.75, 3.05) is 18.5 Å². The second-order valence-corrected chi connectivity index (χ2v) is 5.91. The monoisotopic (exact) mass is 288 g/mol. The fraction of sp³-hybridized carbons (Fsp3) is 0.562. The molecule has 0 aliphatic rings. The lowest BCUT2D eigenvalue weighted by Crippen LogP contribution is -2.24. The molecule has 0 radical (unpaired) electrons. The molecular formula is C16H24N4O. The molecule has 0 saturated heterocycles. The maximum Gasteiger partial charge on any atom is 0.258 e. The third-order valence-electron chi connectivity index (χ3n) is 3.62. The molecule has 5 nitrogen and oxygen atoms in total. The van der Waals surface area contributed by atoms with Gasteiger partial charge >= 0.3 is 0 Å². The average molecular weight is 288 g/mol. The van der Waals surface area contributed by atoms with E-state index in [0.717, 1.165) is 30.2 Å². The van der Waals surface area contributed by atoms with E-state index in [2.05, 4.69) is 40.9 Å². The van der Waals surface area contributed by atoms with Crippen molar-refractivity contribution >= 4 is 5.82 Å². The van der Waals surface area contributed by atoms with E-state index in [1.165, 1.54) is 0 Å². The molecule has 21 heavy (non-hydrogen) atoms. The molecule has 0 fully saturated rings. The van der Waals surface area contributed by atoms with Crippen molar-refractivity contribution in [3.63, 3.8) is 0 Å². The highest BCUT2D eigenvalue weighted by molar-refractivity contribution is 5.58. The summed E-state index contributed by atoms with van der Waals surface area (Å²) in [5.74, 6) is 3.11. The van der Waals surface area contributed by atoms with Crippen LogP contribution >= 0.6 is 0 Å². The van der Waals surface area contributed by atoms with E-state index in [0.29, 0.717) is 11.8 Å². The van der Waals surface area contributed by atoms with Crippen LogP contribution in [0.3, 0.4) is 0 Å². The Kier molecular flexibility index (Phi) is 4.94. The normalized spacial score (nSPS) is 12.7. The highest BCUT2D eigenvalue weighted by Crippen LogP contribution is 2.23. The first-order valence-corrected chi connectivity index (χ1v) is 7.52. The zero-order chi connectivity index (χ0) is 15.4. The van der Waals surface area contributed by atoms with Crippen LogP contribution in [0.2, 0.25) is 0 Å². The second kappa shape index (κ2) is 6.70. The van der Waals surface area contributed by atoms with Crippen LogP contribution in [0, 0.1) is 5.92 Å². The summed E-state index contributed by atoms with van der Waals surface area (Å²) in [6.45, 7) is 9.52. The average Bonchev–Trinajstić information content (AvgIpc) is 2.97. The Morgan fingerprint density at radius 3 is 2.67 bits per heavy atom. The summed E-state index contributed by atoms with van der Waals surface area (Å²) in [6, 6.07) is 3.90. The summed E-state index contributed by atoms with van der Waals surface area (Å²) < 4.78 is 5.34. The molecule has 0 bridgehead atoms. The maximum atomic E-state index is 5.34. The van der Waals surface area contributed by atoms with Crippen molar-refractivity contribution in [1.82, 2.24) is 15.1 Å². The summed E-state index contributed by atoms with van der Waals surface area (Å²) in [7, 11) is 2.06. The smallest absolute Gasteiger partial charge is 0.258 e. The summed E-state index contributed by atoms with van der Waals surface area (Å²) in [5, 5.41) is 4.01. The molecule has 114 valence electrons. The standard InChI is InChI=1S/C16H24N4O/c1-6-12(4)10-20(5)14-9-13(7-8-17-14)16-18-15(11(2)3)19-21-16/h7-9,11-12H,6,10H2,1-5H3. The van der Waals surface area contributed by atoms with Crippen LogP contribution in [-0.4, -0.2) is 28.7 Å². The summed E-state index contributed by atoms with van der Waals surface area (Å²) in [6.07, 6.45) is 2.95. The molecule has 0 aromatic carbocycles. The van der Waals surface area contributed by atoms with Crippen LogP contribution in [0.4, 0.5) is 5.82 Å². The van der Waals surface area contributed by atoms with Crippen molar-refractivity contribution < 1.29 is 4.52 Å². The Balaban J connectivity index is 2.20. The Hall–Kier alpha value is -1.91. The van der Waals surface area contributed by atoms with E-state index in [1.807, 2.05) is 26.0 Å². The number of aromatic nitrogens is 3. The van der Waals surface area contributed by atoms with Gasteiger partial charge in [-0.1, -0.05) is 39.3 Å². The molecule has 0 spiro atoms. The summed E-state index contributed by atoms with van der Waals surface area (Å²) in [4.78, 5) is 11.0. The molecule has 1 unspecified atom stereocenters. The third kappa shape index (κ3) is 3.80. The minimum absolute atomic E-state index is 0.261. The van der Waals surface area contributed by atoms with Crippen molar-refractivity contribution in [3.8, 4) is 11.5 Å². The van der Waals surface area contributed by atoms with Gasteiger partial charge in [-0.05, 0) is 18.1 Å². The Labute approximate surface area is 126 Å². The van der Waals surface area contributed by atoms with Gasteiger partial charge in [0, 0.05) is 31.3 Å². The fourth-order valence-electron chi connectivity index (χ4n) is 2.04. The van der Waals surface area contributed by atoms with E-state index in [4.69, 9.17) is 4.52 Å². The number of nitrogens with zero attached hydrogens (tertiary/aromatic N) is 4. The van der Waals surface area contributed by atoms with Gasteiger partial charge in [0.15, 0.2) is 5.82 Å². The number of pyridine rings is 1. The zero-order valence-corrected chi connectivity index (χ0v) is 13.5. The molecule has 0 aliphatic carbocycles. The topological polar surface area (TPSA) is 55.1 Å². The number of rotatable bonds is 6. The maximum absolute atomic E-state index is 5.34. The molecule has 2 aromatic heterocycles. The van der Waals surface area contributed by atoms with Crippen LogP contribution in [0.25, 0.3) is 11.5 Å². The highest BCUT2D eigenvalue weighted by atomic mass is 16.5. The fourth-order valence-corrected chi connectivity index (χ4v) is 2.04. The molecule has 5 heteroatoms. The number of hydrogen-bond acceptors (Lipinski definition) is 5. The number of anilines is 1. The van der Waals surface area contributed by atoms with Gasteiger partial charge in [-0.3, -0.25) is 0 Å². The van der Waals surface area contributed by atoms with Gasteiger partial charge in [-0.2, -0.15) is 4.98 Å². The van der Waals surface area contributed by atoms with E-state index < -0.39 is 0 Å². The lowest BCUT2D eigenvalue weighted by molar-refractivity contribution is 0.419. The Morgan fingerprint density at radius 1 is 1.29 bits per heavy atom. The van der Waals surface area contributed by atoms with Crippen molar-refractivity contribution in [2.24, 2.45) is 5.92 Å². The van der Waals surface area contributed by atoms with Gasteiger partial charge in [0.1, 0.15) is 5.82 Å². The second-order valence-electron chi connectivity index (χ2n) is 5.91. The SMILES string of the molecule is CCC(C)CN(C)c1cc(-c2nc(C(C)C)no2)ccn1. The van der Waals surface area contributed by atoms with Gasteiger partial charge in [0.25, 0.3) is 5.89 Å². The Bertz CT molecular complexity index is 579. The first-order chi connectivity index (χ1) is 10.0. The van der Waals surface area contributed by atoms with E-state index in [1.54, 1.807) is 6.20 Å². The van der Waals surface area contributed by atoms with E-state index >= 15 is 0 Å². The van der Waals surface area contributed by atoms with Gasteiger partial charge < -0.3 is 9.42 Å². The van der Waals surface area contributed by atoms with E-state index in [9.17, 15) is 0 Å². The van der Waals surface area contributed by atoms with Crippen LogP contribution < -0.4 is 4.90 Å². The Morgan fingerprint density at radius 2 is 2.05 bits per heavy atom. The highest BCUT2D eigenvalue weighted by Gasteiger charge is 2.13. The van der Waals surface area contributed by atoms with Gasteiger partial charge in [0.05, 0.1) is 0 Å². The van der Waals surface area contributed by atoms with Gasteiger partial charge in [-0.25, -0.2) is 4.98 Å². The van der Waals surface area contributed by atoms with Gasteiger partial charge in [-0.15, -0.1) is 0 Å². The first kappa shape index (κ1) is 15.5. The molecular weight excluding hydrogens is 264 g/mol. The third-order valence-corrected chi connectivity index (χ3v) is 3.62. The first-order valence-electron chi connectivity index (χ1n) is 7.52. The molecule has 2 heterocycles. The number of hydrogen-bond donors (Lipinski definition) is 0. The molecule has 0 amide bonds. The van der Waals surface area contributed by atoms with Crippen LogP contribution in [0.5, 0.6) is 0 Å². The predicted molar refractivity (Wildman–Crippen MR) is 84.3 cm³/mol. The summed E-state index contributed by atoms with van der Waals surface area (Å²) >= 11 is 0. The molecule has 2 rings (SSSR count). The van der Waals surface area contributed by atoms with Crippen LogP contribution in [0.15, 0.2) is 22.9 Å². The van der Waals surface area contributed by atoms with E-state index in [-0.39, 0.29) is 5.92 Å². The zero-order valence-electron chi connectivity index (χ0n) is 13.5. The minimum atomic E-state index is 0.261. The van der Waals surface area contributed by atoms with Crippen LogP contribution in [-0.2, 0) is 0 Å². The molecule has 1 atom stereocenters. The van der Waals surface area contributed by atoms with Crippen LogP contribution in [0.1, 0.15) is 45.9 Å². The molecule has 0 N–H and O–H groups in total.